The van der Waals surface area contributed by atoms with Crippen LogP contribution in [0.15, 0.2) is 63.0 Å². The zero-order valence-electron chi connectivity index (χ0n) is 17.6. The Balaban J connectivity index is 1.71. The first kappa shape index (κ1) is 23.9. The lowest BCUT2D eigenvalue weighted by Gasteiger charge is -2.09. The summed E-state index contributed by atoms with van der Waals surface area (Å²) in [4.78, 5) is 42.1. The van der Waals surface area contributed by atoms with Gasteiger partial charge in [0.2, 0.25) is 11.6 Å². The fourth-order valence-electron chi connectivity index (χ4n) is 3.08. The number of nitro benzene ring substituents is 1. The number of halogens is 2. The predicted molar refractivity (Wildman–Crippen MR) is 131 cm³/mol. The SMILES string of the molecule is Cc1nc2ccc(Br)cc2c(=O)n1N=Cc1cc(Cl)c(Oc2ccc([N+](=O)[O-])cn2)c([N+](=O)[O-])c1. The minimum atomic E-state index is -0.712. The van der Waals surface area contributed by atoms with Crippen LogP contribution in [0.25, 0.3) is 10.9 Å². The van der Waals surface area contributed by atoms with Crippen LogP contribution >= 0.6 is 27.5 Å². The highest BCUT2D eigenvalue weighted by molar-refractivity contribution is 9.10. The Kier molecular flexibility index (Phi) is 6.53. The molecule has 0 spiro atoms. The van der Waals surface area contributed by atoms with E-state index in [4.69, 9.17) is 16.3 Å². The molecule has 12 nitrogen and oxygen atoms in total. The molecule has 0 bridgehead atoms. The van der Waals surface area contributed by atoms with Crippen molar-refractivity contribution in [1.29, 1.82) is 0 Å². The van der Waals surface area contributed by atoms with Crippen LogP contribution in [0.1, 0.15) is 11.4 Å². The zero-order chi connectivity index (χ0) is 25.3. The summed E-state index contributed by atoms with van der Waals surface area (Å²) in [5.74, 6) is -0.121. The minimum Gasteiger partial charge on any atom is -0.430 e. The first-order valence-electron chi connectivity index (χ1n) is 9.63. The van der Waals surface area contributed by atoms with E-state index in [-0.39, 0.29) is 27.9 Å². The van der Waals surface area contributed by atoms with E-state index in [0.717, 1.165) is 23.0 Å². The van der Waals surface area contributed by atoms with Crippen LogP contribution in [0.3, 0.4) is 0 Å². The maximum absolute atomic E-state index is 12.9. The van der Waals surface area contributed by atoms with Crippen LogP contribution in [0.4, 0.5) is 11.4 Å². The number of pyridine rings is 1. The van der Waals surface area contributed by atoms with Crippen molar-refractivity contribution in [2.75, 3.05) is 0 Å². The monoisotopic (exact) mass is 558 g/mol. The molecule has 0 unspecified atom stereocenters. The number of rotatable bonds is 6. The van der Waals surface area contributed by atoms with E-state index in [0.29, 0.717) is 21.2 Å². The number of aryl methyl sites for hydroxylation is 1. The summed E-state index contributed by atoms with van der Waals surface area (Å²) in [5.41, 5.74) is -0.474. The number of nitrogens with zero attached hydrogens (tertiary/aromatic N) is 6. The first-order chi connectivity index (χ1) is 16.6. The van der Waals surface area contributed by atoms with Gasteiger partial charge in [0.1, 0.15) is 12.0 Å². The second-order valence-electron chi connectivity index (χ2n) is 7.00. The van der Waals surface area contributed by atoms with Gasteiger partial charge in [0.25, 0.3) is 11.2 Å². The normalized spacial score (nSPS) is 11.2. The van der Waals surface area contributed by atoms with E-state index in [9.17, 15) is 25.0 Å². The Bertz CT molecular complexity index is 1590. The number of hydrogen-bond acceptors (Lipinski definition) is 9. The van der Waals surface area contributed by atoms with Crippen molar-refractivity contribution in [3.63, 3.8) is 0 Å². The Morgan fingerprint density at radius 2 is 1.91 bits per heavy atom. The van der Waals surface area contributed by atoms with Gasteiger partial charge in [-0.15, -0.1) is 0 Å². The lowest BCUT2D eigenvalue weighted by Crippen LogP contribution is -2.20. The largest absolute Gasteiger partial charge is 0.430 e. The number of aromatic nitrogens is 3. The van der Waals surface area contributed by atoms with Crippen LogP contribution in [0.2, 0.25) is 5.02 Å². The highest BCUT2D eigenvalue weighted by atomic mass is 79.9. The number of fused-ring (bicyclic) bond motifs is 1. The van der Waals surface area contributed by atoms with Crippen LogP contribution in [-0.2, 0) is 0 Å². The minimum absolute atomic E-state index is 0.127. The molecule has 0 saturated heterocycles. The molecule has 0 saturated carbocycles. The zero-order valence-corrected chi connectivity index (χ0v) is 19.9. The molecule has 4 rings (SSSR count). The molecule has 0 amide bonds. The van der Waals surface area contributed by atoms with Gasteiger partial charge in [0.05, 0.1) is 32.0 Å². The summed E-state index contributed by atoms with van der Waals surface area (Å²) < 4.78 is 7.20. The van der Waals surface area contributed by atoms with Gasteiger partial charge in [-0.2, -0.15) is 9.78 Å². The summed E-state index contributed by atoms with van der Waals surface area (Å²) in [6.45, 7) is 1.60. The average Bonchev–Trinajstić information content (AvgIpc) is 2.81. The number of nitro groups is 2. The van der Waals surface area contributed by atoms with Crippen molar-refractivity contribution in [3.8, 4) is 11.6 Å². The van der Waals surface area contributed by atoms with Gasteiger partial charge in [-0.05, 0) is 31.2 Å². The molecule has 0 fully saturated rings. The molecular formula is C21H12BrClN6O6. The molecule has 0 aliphatic heterocycles. The van der Waals surface area contributed by atoms with Crippen molar-refractivity contribution in [2.45, 2.75) is 6.92 Å². The Hall–Kier alpha value is -4.23. The number of ether oxygens (including phenoxy) is 1. The standard InChI is InChI=1S/C21H12BrClN6O6/c1-11-26-17-4-2-13(22)8-15(17)21(30)27(11)25-9-12-6-16(23)20(18(7-12)29(33)34)35-19-5-3-14(10-24-19)28(31)32/h2-10H,1H3. The third kappa shape index (κ3) is 5.00. The summed E-state index contributed by atoms with van der Waals surface area (Å²) in [7, 11) is 0. The van der Waals surface area contributed by atoms with Crippen LogP contribution < -0.4 is 10.3 Å². The Labute approximate surface area is 208 Å². The maximum atomic E-state index is 12.9. The predicted octanol–water partition coefficient (Wildman–Crippen LogP) is 5.01. The van der Waals surface area contributed by atoms with E-state index in [1.54, 1.807) is 25.1 Å². The summed E-state index contributed by atoms with van der Waals surface area (Å²) in [6, 6.07) is 9.91. The van der Waals surface area contributed by atoms with E-state index < -0.39 is 21.1 Å². The third-order valence-corrected chi connectivity index (χ3v) is 5.45. The highest BCUT2D eigenvalue weighted by Gasteiger charge is 2.22. The fourth-order valence-corrected chi connectivity index (χ4v) is 3.70. The third-order valence-electron chi connectivity index (χ3n) is 4.67. The average molecular weight is 560 g/mol. The molecule has 35 heavy (non-hydrogen) atoms. The van der Waals surface area contributed by atoms with E-state index in [2.05, 4.69) is 31.0 Å². The smallest absolute Gasteiger partial charge is 0.313 e. The van der Waals surface area contributed by atoms with Crippen LogP contribution in [0, 0.1) is 27.2 Å². The van der Waals surface area contributed by atoms with Gasteiger partial charge in [-0.1, -0.05) is 27.5 Å². The topological polar surface area (TPSA) is 156 Å². The molecule has 0 N–H and O–H groups in total. The molecule has 0 atom stereocenters. The maximum Gasteiger partial charge on any atom is 0.313 e. The van der Waals surface area contributed by atoms with Gasteiger partial charge in [0.15, 0.2) is 0 Å². The molecule has 14 heteroatoms. The molecule has 176 valence electrons. The summed E-state index contributed by atoms with van der Waals surface area (Å²) in [6.07, 6.45) is 2.18. The molecule has 2 heterocycles. The molecule has 4 aromatic rings. The van der Waals surface area contributed by atoms with Gasteiger partial charge < -0.3 is 4.74 Å². The second-order valence-corrected chi connectivity index (χ2v) is 8.33. The number of benzene rings is 2. The van der Waals surface area contributed by atoms with Crippen molar-refractivity contribution in [1.82, 2.24) is 14.6 Å². The van der Waals surface area contributed by atoms with Gasteiger partial charge in [-0.3, -0.25) is 25.0 Å². The van der Waals surface area contributed by atoms with E-state index >= 15 is 0 Å². The molecular weight excluding hydrogens is 548 g/mol. The van der Waals surface area contributed by atoms with Gasteiger partial charge >= 0.3 is 5.69 Å². The fraction of sp³-hybridized carbons (Fsp3) is 0.0476. The number of hydrogen-bond donors (Lipinski definition) is 0. The Morgan fingerprint density at radius 1 is 1.14 bits per heavy atom. The van der Waals surface area contributed by atoms with E-state index in [1.807, 2.05) is 0 Å². The quantitative estimate of drug-likeness (QED) is 0.181. The molecule has 0 radical (unpaired) electrons. The van der Waals surface area contributed by atoms with Crippen molar-refractivity contribution < 1.29 is 14.6 Å². The van der Waals surface area contributed by atoms with Gasteiger partial charge in [-0.25, -0.2) is 9.97 Å². The second kappa shape index (κ2) is 9.56. The lowest BCUT2D eigenvalue weighted by molar-refractivity contribution is -0.385. The highest BCUT2D eigenvalue weighted by Crippen LogP contribution is 2.38. The van der Waals surface area contributed by atoms with Gasteiger partial charge in [0, 0.05) is 28.2 Å². The molecule has 2 aromatic carbocycles. The first-order valence-corrected chi connectivity index (χ1v) is 10.8. The van der Waals surface area contributed by atoms with Crippen molar-refractivity contribution in [2.24, 2.45) is 5.10 Å². The molecule has 0 aliphatic carbocycles. The van der Waals surface area contributed by atoms with Crippen LogP contribution in [-0.4, -0.2) is 30.7 Å². The Morgan fingerprint density at radius 3 is 2.57 bits per heavy atom. The van der Waals surface area contributed by atoms with Crippen molar-refractivity contribution >= 4 is 56.0 Å². The summed E-state index contributed by atoms with van der Waals surface area (Å²) in [5, 5.41) is 26.8. The van der Waals surface area contributed by atoms with Crippen LogP contribution in [0.5, 0.6) is 11.6 Å². The lowest BCUT2D eigenvalue weighted by atomic mass is 10.2. The molecule has 0 aliphatic rings. The summed E-state index contributed by atoms with van der Waals surface area (Å²) >= 11 is 9.55. The van der Waals surface area contributed by atoms with Crippen molar-refractivity contribution in [3.05, 3.63) is 100 Å². The van der Waals surface area contributed by atoms with E-state index in [1.165, 1.54) is 18.3 Å². The molecule has 2 aromatic heterocycles.